The molecule has 1 saturated carbocycles. The Labute approximate surface area is 92.0 Å². The molecule has 0 amide bonds. The van der Waals surface area contributed by atoms with Crippen LogP contribution in [0.1, 0.15) is 35.4 Å². The van der Waals surface area contributed by atoms with Gasteiger partial charge < -0.3 is 0 Å². The van der Waals surface area contributed by atoms with Gasteiger partial charge in [-0.25, -0.2) is 0 Å². The molecule has 0 heteroatoms. The number of fused-ring (bicyclic) bond motifs is 2. The molecule has 1 aromatic carbocycles. The van der Waals surface area contributed by atoms with Crippen molar-refractivity contribution in [2.75, 3.05) is 0 Å². The molecule has 0 heterocycles. The van der Waals surface area contributed by atoms with Crippen molar-refractivity contribution >= 4 is 0 Å². The third kappa shape index (κ3) is 1.35. The predicted molar refractivity (Wildman–Crippen MR) is 64.0 cm³/mol. The quantitative estimate of drug-likeness (QED) is 0.599. The first-order valence-corrected chi connectivity index (χ1v) is 6.00. The van der Waals surface area contributed by atoms with Gasteiger partial charge in [-0.05, 0) is 61.1 Å². The van der Waals surface area contributed by atoms with Crippen LogP contribution in [0.5, 0.6) is 0 Å². The van der Waals surface area contributed by atoms with E-state index in [9.17, 15) is 0 Å². The van der Waals surface area contributed by atoms with Crippen molar-refractivity contribution in [2.24, 2.45) is 11.8 Å². The minimum absolute atomic E-state index is 0.805. The fraction of sp³-hybridized carbons (Fsp3) is 0.467. The molecule has 0 radical (unpaired) electrons. The summed E-state index contributed by atoms with van der Waals surface area (Å²) in [4.78, 5) is 0. The van der Waals surface area contributed by atoms with E-state index < -0.39 is 0 Å². The average molecular weight is 198 g/mol. The molecular weight excluding hydrogens is 180 g/mol. The molecular formula is C15H18. The molecule has 1 aromatic rings. The molecule has 3 rings (SSSR count). The molecule has 3 unspecified atom stereocenters. The average Bonchev–Trinajstić information content (AvgIpc) is 2.83. The Balaban J connectivity index is 2.00. The van der Waals surface area contributed by atoms with Gasteiger partial charge in [0.2, 0.25) is 0 Å². The molecule has 3 atom stereocenters. The van der Waals surface area contributed by atoms with Crippen LogP contribution >= 0.6 is 0 Å². The second kappa shape index (κ2) is 3.23. The second-order valence-corrected chi connectivity index (χ2v) is 5.18. The summed E-state index contributed by atoms with van der Waals surface area (Å²) in [5.41, 5.74) is 4.56. The highest BCUT2D eigenvalue weighted by atomic mass is 14.4. The maximum atomic E-state index is 2.45. The first kappa shape index (κ1) is 9.21. The Kier molecular flexibility index (Phi) is 1.98. The van der Waals surface area contributed by atoms with E-state index in [2.05, 4.69) is 44.2 Å². The van der Waals surface area contributed by atoms with Crippen LogP contribution in [0.2, 0.25) is 0 Å². The van der Waals surface area contributed by atoms with E-state index in [0.29, 0.717) is 0 Å². The van der Waals surface area contributed by atoms with Crippen molar-refractivity contribution in [2.45, 2.75) is 32.6 Å². The minimum Gasteiger partial charge on any atom is -0.0851 e. The molecule has 2 aliphatic carbocycles. The Morgan fingerprint density at radius 1 is 1.07 bits per heavy atom. The van der Waals surface area contributed by atoms with Gasteiger partial charge in [-0.1, -0.05) is 30.4 Å². The number of rotatable bonds is 1. The van der Waals surface area contributed by atoms with Gasteiger partial charge >= 0.3 is 0 Å². The number of aryl methyl sites for hydroxylation is 1. The van der Waals surface area contributed by atoms with Crippen molar-refractivity contribution in [3.8, 4) is 0 Å². The third-order valence-electron chi connectivity index (χ3n) is 4.32. The minimum atomic E-state index is 0.805. The van der Waals surface area contributed by atoms with Crippen LogP contribution in [0, 0.1) is 25.7 Å². The van der Waals surface area contributed by atoms with Crippen LogP contribution in [0.25, 0.3) is 0 Å². The zero-order chi connectivity index (χ0) is 10.4. The Morgan fingerprint density at radius 2 is 1.93 bits per heavy atom. The van der Waals surface area contributed by atoms with Gasteiger partial charge in [0.1, 0.15) is 0 Å². The highest BCUT2D eigenvalue weighted by molar-refractivity contribution is 5.38. The van der Waals surface area contributed by atoms with Gasteiger partial charge in [0.15, 0.2) is 0 Å². The topological polar surface area (TPSA) is 0 Å². The number of hydrogen-bond acceptors (Lipinski definition) is 0. The number of benzene rings is 1. The maximum Gasteiger partial charge on any atom is -0.00905 e. The van der Waals surface area contributed by atoms with Gasteiger partial charge in [-0.15, -0.1) is 0 Å². The van der Waals surface area contributed by atoms with E-state index in [1.165, 1.54) is 24.0 Å². The largest absolute Gasteiger partial charge is 0.0851 e. The fourth-order valence-corrected chi connectivity index (χ4v) is 3.31. The van der Waals surface area contributed by atoms with Gasteiger partial charge in [-0.3, -0.25) is 0 Å². The molecule has 0 spiro atoms. The number of allylic oxidation sites excluding steroid dienone is 2. The second-order valence-electron chi connectivity index (χ2n) is 5.18. The van der Waals surface area contributed by atoms with E-state index in [1.807, 2.05) is 0 Å². The van der Waals surface area contributed by atoms with E-state index in [0.717, 1.165) is 17.8 Å². The van der Waals surface area contributed by atoms with E-state index in [-0.39, 0.29) is 0 Å². The van der Waals surface area contributed by atoms with Gasteiger partial charge in [-0.2, -0.15) is 0 Å². The van der Waals surface area contributed by atoms with E-state index >= 15 is 0 Å². The van der Waals surface area contributed by atoms with Gasteiger partial charge in [0.05, 0.1) is 0 Å². The summed E-state index contributed by atoms with van der Waals surface area (Å²) in [5.74, 6) is 2.51. The summed E-state index contributed by atoms with van der Waals surface area (Å²) in [6, 6.07) is 6.77. The molecule has 0 saturated heterocycles. The summed E-state index contributed by atoms with van der Waals surface area (Å²) >= 11 is 0. The van der Waals surface area contributed by atoms with Crippen molar-refractivity contribution in [1.29, 1.82) is 0 Å². The van der Waals surface area contributed by atoms with Gasteiger partial charge in [0, 0.05) is 0 Å². The lowest BCUT2D eigenvalue weighted by Crippen LogP contribution is -2.07. The van der Waals surface area contributed by atoms with Gasteiger partial charge in [0.25, 0.3) is 0 Å². The lowest BCUT2D eigenvalue weighted by atomic mass is 9.83. The van der Waals surface area contributed by atoms with Crippen molar-refractivity contribution in [1.82, 2.24) is 0 Å². The highest BCUT2D eigenvalue weighted by Gasteiger charge is 2.36. The van der Waals surface area contributed by atoms with Crippen LogP contribution in [-0.4, -0.2) is 0 Å². The standard InChI is InChI=1S/C15H18/c1-10-4-3-5-14(11(10)2)15-9-12-6-7-13(15)8-12/h3-7,12-13,15H,8-9H2,1-2H3. The molecule has 78 valence electrons. The molecule has 0 aliphatic heterocycles. The predicted octanol–water partition coefficient (Wildman–Crippen LogP) is 3.98. The molecule has 2 aliphatic rings. The summed E-state index contributed by atoms with van der Waals surface area (Å²) in [5, 5.41) is 0. The summed E-state index contributed by atoms with van der Waals surface area (Å²) in [7, 11) is 0. The molecule has 1 fully saturated rings. The summed E-state index contributed by atoms with van der Waals surface area (Å²) in [6.07, 6.45) is 7.65. The van der Waals surface area contributed by atoms with Crippen molar-refractivity contribution in [3.05, 3.63) is 47.0 Å². The summed E-state index contributed by atoms with van der Waals surface area (Å²) in [6.45, 7) is 4.50. The normalized spacial score (nSPS) is 32.5. The van der Waals surface area contributed by atoms with E-state index in [4.69, 9.17) is 0 Å². The Hall–Kier alpha value is -1.04. The highest BCUT2D eigenvalue weighted by Crippen LogP contribution is 2.49. The zero-order valence-electron chi connectivity index (χ0n) is 9.53. The zero-order valence-corrected chi connectivity index (χ0v) is 9.53. The van der Waals surface area contributed by atoms with E-state index in [1.54, 1.807) is 5.56 Å². The van der Waals surface area contributed by atoms with Crippen LogP contribution in [0.3, 0.4) is 0 Å². The van der Waals surface area contributed by atoms with Crippen molar-refractivity contribution in [3.63, 3.8) is 0 Å². The summed E-state index contributed by atoms with van der Waals surface area (Å²) < 4.78 is 0. The number of hydrogen-bond donors (Lipinski definition) is 0. The van der Waals surface area contributed by atoms with Crippen molar-refractivity contribution < 1.29 is 0 Å². The Morgan fingerprint density at radius 3 is 2.60 bits per heavy atom. The molecule has 2 bridgehead atoms. The fourth-order valence-electron chi connectivity index (χ4n) is 3.31. The smallest absolute Gasteiger partial charge is 0.00905 e. The van der Waals surface area contributed by atoms with Crippen LogP contribution in [-0.2, 0) is 0 Å². The lowest BCUT2D eigenvalue weighted by Gasteiger charge is -2.21. The first-order chi connectivity index (χ1) is 7.25. The molecule has 0 N–H and O–H groups in total. The van der Waals surface area contributed by atoms with Crippen LogP contribution < -0.4 is 0 Å². The maximum absolute atomic E-state index is 2.45. The third-order valence-corrected chi connectivity index (χ3v) is 4.32. The molecule has 0 nitrogen and oxygen atoms in total. The molecule has 15 heavy (non-hydrogen) atoms. The first-order valence-electron chi connectivity index (χ1n) is 6.00. The lowest BCUT2D eigenvalue weighted by molar-refractivity contribution is 0.582. The van der Waals surface area contributed by atoms with Crippen LogP contribution in [0.4, 0.5) is 0 Å². The Bertz CT molecular complexity index is 414. The molecule has 0 aromatic heterocycles. The SMILES string of the molecule is Cc1cccc(C2CC3C=CC2C3)c1C. The van der Waals surface area contributed by atoms with Crippen LogP contribution in [0.15, 0.2) is 30.4 Å². The monoisotopic (exact) mass is 198 g/mol.